The van der Waals surface area contributed by atoms with Crippen LogP contribution in [0.15, 0.2) is 24.3 Å². The molecule has 2 saturated carbocycles. The van der Waals surface area contributed by atoms with Crippen LogP contribution in [-0.4, -0.2) is 83.6 Å². The molecule has 0 bridgehead atoms. The standard InChI is InChI=1S/C25H33N5O6S/c1-3-30-22(32)17-13-19(21(17)37-25(30)18(14-26)20(25)23(33)36-4-2)28-15-5-7-16(8-6-15)29-24(34)27-9-11-35-12-10-31/h5-8,17-21,28,31H,3-4,9-13H2,1-2H3,(H2,27,29,34). The summed E-state index contributed by atoms with van der Waals surface area (Å²) in [5, 5.41) is 27.3. The molecule has 1 spiro atoms. The monoisotopic (exact) mass is 531 g/mol. The van der Waals surface area contributed by atoms with Gasteiger partial charge in [0.25, 0.3) is 0 Å². The zero-order valence-electron chi connectivity index (χ0n) is 20.9. The SMILES string of the molecule is CCOC(=O)C1C(C#N)C12SC1C(Nc3ccc(NC(=O)NCCOCCO)cc3)CC1C(=O)N2CC. The van der Waals surface area contributed by atoms with Crippen LogP contribution in [-0.2, 0) is 19.1 Å². The number of nitrogens with one attached hydrogen (secondary N) is 3. The van der Waals surface area contributed by atoms with Gasteiger partial charge in [-0.05, 0) is 44.5 Å². The normalized spacial score (nSPS) is 29.5. The molecular weight excluding hydrogens is 498 g/mol. The number of hydrogen-bond donors (Lipinski definition) is 4. The molecule has 4 rings (SSSR count). The van der Waals surface area contributed by atoms with Crippen LogP contribution in [0, 0.1) is 29.1 Å². The fourth-order valence-electron chi connectivity index (χ4n) is 5.21. The summed E-state index contributed by atoms with van der Waals surface area (Å²) in [6, 6.07) is 9.18. The predicted octanol–water partition coefficient (Wildman–Crippen LogP) is 1.61. The third-order valence-corrected chi connectivity index (χ3v) is 9.04. The van der Waals surface area contributed by atoms with Gasteiger partial charge in [0.1, 0.15) is 10.8 Å². The number of carbonyl (C=O) groups is 3. The molecular formula is C25H33N5O6S. The highest BCUT2D eigenvalue weighted by Gasteiger charge is 2.78. The number of ether oxygens (including phenoxy) is 2. The van der Waals surface area contributed by atoms with E-state index < -0.39 is 22.7 Å². The number of nitriles is 1. The molecule has 12 heteroatoms. The van der Waals surface area contributed by atoms with Crippen LogP contribution in [0.5, 0.6) is 0 Å². The first-order valence-corrected chi connectivity index (χ1v) is 13.4. The van der Waals surface area contributed by atoms with Gasteiger partial charge >= 0.3 is 12.0 Å². The maximum Gasteiger partial charge on any atom is 0.319 e. The van der Waals surface area contributed by atoms with Gasteiger partial charge in [-0.25, -0.2) is 4.79 Å². The summed E-state index contributed by atoms with van der Waals surface area (Å²) in [5.74, 6) is -1.78. The quantitative estimate of drug-likeness (QED) is 0.246. The lowest BCUT2D eigenvalue weighted by atomic mass is 9.78. The van der Waals surface area contributed by atoms with Crippen LogP contribution in [0.25, 0.3) is 0 Å². The highest BCUT2D eigenvalue weighted by atomic mass is 32.2. The molecule has 37 heavy (non-hydrogen) atoms. The number of esters is 1. The van der Waals surface area contributed by atoms with Crippen molar-refractivity contribution < 1.29 is 29.0 Å². The van der Waals surface area contributed by atoms with Crippen LogP contribution >= 0.6 is 11.8 Å². The number of carbonyl (C=O) groups excluding carboxylic acids is 3. The van der Waals surface area contributed by atoms with Crippen molar-refractivity contribution in [3.05, 3.63) is 24.3 Å². The Bertz CT molecular complexity index is 1050. The Morgan fingerprint density at radius 3 is 2.62 bits per heavy atom. The van der Waals surface area contributed by atoms with E-state index in [9.17, 15) is 19.6 Å². The molecule has 3 fully saturated rings. The lowest BCUT2D eigenvalue weighted by Gasteiger charge is -2.53. The van der Waals surface area contributed by atoms with Gasteiger partial charge in [-0.15, -0.1) is 11.8 Å². The Hall–Kier alpha value is -3.01. The lowest BCUT2D eigenvalue weighted by molar-refractivity contribution is -0.147. The minimum atomic E-state index is -0.862. The molecule has 6 atom stereocenters. The summed E-state index contributed by atoms with van der Waals surface area (Å²) in [6.07, 6.45) is 0.672. The first-order valence-electron chi connectivity index (χ1n) is 12.6. The van der Waals surface area contributed by atoms with E-state index in [1.54, 1.807) is 35.7 Å². The predicted molar refractivity (Wildman–Crippen MR) is 138 cm³/mol. The molecule has 11 nitrogen and oxygen atoms in total. The average Bonchev–Trinajstić information content (AvgIpc) is 3.53. The highest BCUT2D eigenvalue weighted by Crippen LogP contribution is 2.68. The molecule has 200 valence electrons. The van der Waals surface area contributed by atoms with Gasteiger partial charge in [-0.1, -0.05) is 0 Å². The number of rotatable bonds is 11. The van der Waals surface area contributed by atoms with Crippen molar-refractivity contribution in [3.63, 3.8) is 0 Å². The number of fused-ring (bicyclic) bond motifs is 1. The van der Waals surface area contributed by atoms with E-state index in [0.29, 0.717) is 31.8 Å². The number of aliphatic hydroxyl groups excluding tert-OH is 1. The van der Waals surface area contributed by atoms with E-state index in [-0.39, 0.29) is 49.0 Å². The summed E-state index contributed by atoms with van der Waals surface area (Å²) >= 11 is 1.56. The Labute approximate surface area is 220 Å². The molecule has 1 aromatic carbocycles. The maximum absolute atomic E-state index is 13.3. The van der Waals surface area contributed by atoms with Crippen molar-refractivity contribution >= 4 is 41.0 Å². The van der Waals surface area contributed by atoms with Gasteiger partial charge in [0, 0.05) is 35.8 Å². The summed E-state index contributed by atoms with van der Waals surface area (Å²) in [7, 11) is 0. The second-order valence-electron chi connectivity index (χ2n) is 9.14. The molecule has 1 saturated heterocycles. The zero-order chi connectivity index (χ0) is 26.6. The summed E-state index contributed by atoms with van der Waals surface area (Å²) in [5.41, 5.74) is 1.47. The minimum Gasteiger partial charge on any atom is -0.466 e. The van der Waals surface area contributed by atoms with E-state index in [4.69, 9.17) is 14.6 Å². The van der Waals surface area contributed by atoms with Crippen LogP contribution in [0.2, 0.25) is 0 Å². The highest BCUT2D eigenvalue weighted by molar-refractivity contribution is 8.01. The topological polar surface area (TPSA) is 153 Å². The molecule has 1 aliphatic heterocycles. The van der Waals surface area contributed by atoms with Crippen molar-refractivity contribution in [1.82, 2.24) is 10.2 Å². The number of urea groups is 1. The zero-order valence-corrected chi connectivity index (χ0v) is 21.8. The molecule has 0 aromatic heterocycles. The Balaban J connectivity index is 1.35. The van der Waals surface area contributed by atoms with Crippen LogP contribution in [0.4, 0.5) is 16.2 Å². The maximum atomic E-state index is 13.3. The molecule has 2 aliphatic carbocycles. The second kappa shape index (κ2) is 11.6. The fourth-order valence-corrected chi connectivity index (χ4v) is 7.37. The number of benzene rings is 1. The van der Waals surface area contributed by atoms with Crippen LogP contribution < -0.4 is 16.0 Å². The first-order chi connectivity index (χ1) is 17.9. The van der Waals surface area contributed by atoms with Crippen LogP contribution in [0.1, 0.15) is 20.3 Å². The Morgan fingerprint density at radius 1 is 1.24 bits per heavy atom. The molecule has 0 radical (unpaired) electrons. The lowest BCUT2D eigenvalue weighted by Crippen LogP contribution is -2.63. The number of hydrogen-bond acceptors (Lipinski definition) is 9. The van der Waals surface area contributed by atoms with Crippen molar-refractivity contribution in [1.29, 1.82) is 5.26 Å². The molecule has 4 N–H and O–H groups in total. The Morgan fingerprint density at radius 2 is 1.97 bits per heavy atom. The fraction of sp³-hybridized carbons (Fsp3) is 0.600. The van der Waals surface area contributed by atoms with Gasteiger partial charge in [0.05, 0.1) is 44.3 Å². The van der Waals surface area contributed by atoms with E-state index in [1.165, 1.54) is 0 Å². The van der Waals surface area contributed by atoms with Gasteiger partial charge in [-0.2, -0.15) is 5.26 Å². The third-order valence-electron chi connectivity index (χ3n) is 7.00. The van der Waals surface area contributed by atoms with E-state index >= 15 is 0 Å². The first kappa shape index (κ1) is 27.0. The summed E-state index contributed by atoms with van der Waals surface area (Å²) in [4.78, 5) is 38.8. The van der Waals surface area contributed by atoms with Gasteiger partial charge in [0.15, 0.2) is 0 Å². The van der Waals surface area contributed by atoms with E-state index in [0.717, 1.165) is 5.69 Å². The van der Waals surface area contributed by atoms with Gasteiger partial charge in [-0.3, -0.25) is 9.59 Å². The van der Waals surface area contributed by atoms with Gasteiger partial charge < -0.3 is 35.4 Å². The largest absolute Gasteiger partial charge is 0.466 e. The van der Waals surface area contributed by atoms with Crippen molar-refractivity contribution in [2.24, 2.45) is 17.8 Å². The minimum absolute atomic E-state index is 0.00340. The second-order valence-corrected chi connectivity index (χ2v) is 10.6. The number of amides is 3. The molecule has 1 heterocycles. The number of thioether (sulfide) groups is 1. The van der Waals surface area contributed by atoms with E-state index in [2.05, 4.69) is 22.0 Å². The molecule has 6 unspecified atom stereocenters. The summed E-state index contributed by atoms with van der Waals surface area (Å²) < 4.78 is 10.3. The average molecular weight is 532 g/mol. The Kier molecular flexibility index (Phi) is 8.46. The molecule has 1 aromatic rings. The van der Waals surface area contributed by atoms with Crippen molar-refractivity contribution in [3.8, 4) is 6.07 Å². The summed E-state index contributed by atoms with van der Waals surface area (Å²) in [6.45, 7) is 5.10. The number of anilines is 2. The van der Waals surface area contributed by atoms with E-state index in [1.807, 2.05) is 19.1 Å². The smallest absolute Gasteiger partial charge is 0.319 e. The number of nitrogens with zero attached hydrogens (tertiary/aromatic N) is 2. The molecule has 3 aliphatic rings. The van der Waals surface area contributed by atoms with Gasteiger partial charge in [0.2, 0.25) is 5.91 Å². The van der Waals surface area contributed by atoms with Crippen molar-refractivity contribution in [2.45, 2.75) is 36.4 Å². The molecule has 3 amide bonds. The van der Waals surface area contributed by atoms with Crippen molar-refractivity contribution in [2.75, 3.05) is 50.2 Å². The third kappa shape index (κ3) is 5.21. The number of aliphatic hydroxyl groups is 1. The van der Waals surface area contributed by atoms with Crippen LogP contribution in [0.3, 0.4) is 0 Å².